The molecule has 0 atom stereocenters. The standard InChI is InChI=1S/C16H25N3S3/c17-7-1-10-20-13-4-16(5-14-21-11-2-8-18)6-15-22-12-3-9-19/h16H,1-6,10-15H2. The van der Waals surface area contributed by atoms with Crippen molar-refractivity contribution in [2.75, 3.05) is 34.5 Å². The normalized spacial score (nSPS) is 10.1. The minimum Gasteiger partial charge on any atom is -0.198 e. The first-order valence-corrected chi connectivity index (χ1v) is 11.2. The van der Waals surface area contributed by atoms with Gasteiger partial charge >= 0.3 is 0 Å². The number of hydrogen-bond acceptors (Lipinski definition) is 6. The molecular weight excluding hydrogens is 330 g/mol. The summed E-state index contributed by atoms with van der Waals surface area (Å²) in [4.78, 5) is 0. The molecule has 0 rings (SSSR count). The first-order chi connectivity index (χ1) is 10.8. The molecule has 0 unspecified atom stereocenters. The van der Waals surface area contributed by atoms with Crippen molar-refractivity contribution in [3.63, 3.8) is 0 Å². The minimum absolute atomic E-state index is 0.642. The van der Waals surface area contributed by atoms with Gasteiger partial charge in [0.1, 0.15) is 0 Å². The molecule has 0 aliphatic carbocycles. The molecule has 0 saturated heterocycles. The van der Waals surface area contributed by atoms with Crippen molar-refractivity contribution in [2.24, 2.45) is 5.92 Å². The zero-order valence-corrected chi connectivity index (χ0v) is 15.6. The van der Waals surface area contributed by atoms with Crippen LogP contribution in [0.3, 0.4) is 0 Å². The zero-order chi connectivity index (χ0) is 16.3. The van der Waals surface area contributed by atoms with Crippen LogP contribution >= 0.6 is 35.3 Å². The second-order valence-electron chi connectivity index (χ2n) is 4.79. The fourth-order valence-corrected chi connectivity index (χ4v) is 4.66. The number of nitriles is 3. The molecule has 0 N–H and O–H groups in total. The number of nitrogens with zero attached hydrogens (tertiary/aromatic N) is 3. The summed E-state index contributed by atoms with van der Waals surface area (Å²) in [5, 5.41) is 25.6. The number of thioether (sulfide) groups is 3. The van der Waals surface area contributed by atoms with Gasteiger partial charge in [0.25, 0.3) is 0 Å². The Labute approximate surface area is 148 Å². The summed E-state index contributed by atoms with van der Waals surface area (Å²) in [6.45, 7) is 0. The van der Waals surface area contributed by atoms with Crippen LogP contribution in [0.25, 0.3) is 0 Å². The van der Waals surface area contributed by atoms with E-state index in [4.69, 9.17) is 15.8 Å². The molecule has 0 saturated carbocycles. The molecule has 0 aromatic rings. The van der Waals surface area contributed by atoms with Crippen molar-refractivity contribution in [1.82, 2.24) is 0 Å². The zero-order valence-electron chi connectivity index (χ0n) is 13.1. The van der Waals surface area contributed by atoms with Crippen molar-refractivity contribution in [3.05, 3.63) is 0 Å². The summed E-state index contributed by atoms with van der Waals surface area (Å²) in [5.41, 5.74) is 0. The quantitative estimate of drug-likeness (QED) is 0.396. The van der Waals surface area contributed by atoms with Gasteiger partial charge in [-0.1, -0.05) is 0 Å². The van der Waals surface area contributed by atoms with E-state index in [9.17, 15) is 0 Å². The lowest BCUT2D eigenvalue weighted by Gasteiger charge is -2.16. The lowest BCUT2D eigenvalue weighted by Crippen LogP contribution is -2.06. The highest BCUT2D eigenvalue weighted by molar-refractivity contribution is 7.99. The predicted molar refractivity (Wildman–Crippen MR) is 100 cm³/mol. The van der Waals surface area contributed by atoms with E-state index in [1.54, 1.807) is 0 Å². The number of rotatable bonds is 15. The van der Waals surface area contributed by atoms with Crippen molar-refractivity contribution < 1.29 is 0 Å². The Morgan fingerprint density at radius 1 is 0.545 bits per heavy atom. The van der Waals surface area contributed by atoms with Gasteiger partial charge in [-0.05, 0) is 42.4 Å². The summed E-state index contributed by atoms with van der Waals surface area (Å²) in [6.07, 6.45) is 5.57. The van der Waals surface area contributed by atoms with Crippen LogP contribution in [-0.4, -0.2) is 34.5 Å². The molecule has 3 nitrogen and oxygen atoms in total. The van der Waals surface area contributed by atoms with Gasteiger partial charge < -0.3 is 0 Å². The maximum Gasteiger partial charge on any atom is 0.0630 e. The van der Waals surface area contributed by atoms with E-state index in [0.29, 0.717) is 19.3 Å². The fraction of sp³-hybridized carbons (Fsp3) is 0.812. The van der Waals surface area contributed by atoms with Crippen LogP contribution < -0.4 is 0 Å². The molecule has 6 heteroatoms. The summed E-state index contributed by atoms with van der Waals surface area (Å²) < 4.78 is 0. The largest absolute Gasteiger partial charge is 0.198 e. The molecule has 0 fully saturated rings. The van der Waals surface area contributed by atoms with Gasteiger partial charge in [-0.3, -0.25) is 0 Å². The third kappa shape index (κ3) is 15.9. The van der Waals surface area contributed by atoms with E-state index in [0.717, 1.165) is 40.4 Å². The molecule has 0 radical (unpaired) electrons. The Bertz CT molecular complexity index is 311. The molecule has 0 heterocycles. The maximum absolute atomic E-state index is 8.53. The van der Waals surface area contributed by atoms with Gasteiger partial charge in [0.15, 0.2) is 0 Å². The summed E-state index contributed by atoms with van der Waals surface area (Å²) >= 11 is 5.64. The van der Waals surface area contributed by atoms with Gasteiger partial charge in [0.05, 0.1) is 18.2 Å². The van der Waals surface area contributed by atoms with Crippen LogP contribution in [0.4, 0.5) is 0 Å². The summed E-state index contributed by atoms with van der Waals surface area (Å²) in [5.74, 6) is 6.97. The van der Waals surface area contributed by atoms with Gasteiger partial charge in [-0.15, -0.1) is 0 Å². The topological polar surface area (TPSA) is 71.4 Å². The van der Waals surface area contributed by atoms with Gasteiger partial charge in [0, 0.05) is 36.5 Å². The van der Waals surface area contributed by atoms with Crippen LogP contribution in [0.2, 0.25) is 0 Å². The van der Waals surface area contributed by atoms with E-state index in [2.05, 4.69) is 18.2 Å². The Hall–Kier alpha value is -0.480. The Kier molecular flexibility index (Phi) is 18.2. The lowest BCUT2D eigenvalue weighted by molar-refractivity contribution is 0.489. The van der Waals surface area contributed by atoms with Crippen LogP contribution in [-0.2, 0) is 0 Å². The molecule has 0 aliphatic rings. The fourth-order valence-electron chi connectivity index (χ4n) is 1.84. The van der Waals surface area contributed by atoms with E-state index in [-0.39, 0.29) is 0 Å². The smallest absolute Gasteiger partial charge is 0.0630 e. The van der Waals surface area contributed by atoms with E-state index in [1.165, 1.54) is 19.3 Å². The van der Waals surface area contributed by atoms with Gasteiger partial charge in [0.2, 0.25) is 0 Å². The molecule has 0 spiro atoms. The first kappa shape index (κ1) is 21.5. The van der Waals surface area contributed by atoms with Gasteiger partial charge in [-0.2, -0.15) is 51.1 Å². The molecular formula is C16H25N3S3. The lowest BCUT2D eigenvalue weighted by atomic mass is 10.0. The van der Waals surface area contributed by atoms with E-state index >= 15 is 0 Å². The highest BCUT2D eigenvalue weighted by Crippen LogP contribution is 2.22. The van der Waals surface area contributed by atoms with E-state index < -0.39 is 0 Å². The Morgan fingerprint density at radius 3 is 1.14 bits per heavy atom. The molecule has 0 aromatic carbocycles. The van der Waals surface area contributed by atoms with E-state index in [1.807, 2.05) is 35.3 Å². The Morgan fingerprint density at radius 2 is 0.864 bits per heavy atom. The SMILES string of the molecule is N#CCCSCCC(CCSCCC#N)CCSCCC#N. The van der Waals surface area contributed by atoms with Crippen molar-refractivity contribution in [1.29, 1.82) is 15.8 Å². The van der Waals surface area contributed by atoms with Crippen molar-refractivity contribution >= 4 is 35.3 Å². The average Bonchev–Trinajstić information content (AvgIpc) is 2.53. The molecule has 122 valence electrons. The second-order valence-corrected chi connectivity index (χ2v) is 8.47. The summed E-state index contributed by atoms with van der Waals surface area (Å²) in [6, 6.07) is 6.55. The van der Waals surface area contributed by atoms with Crippen LogP contribution in [0.15, 0.2) is 0 Å². The van der Waals surface area contributed by atoms with Crippen LogP contribution in [0.5, 0.6) is 0 Å². The van der Waals surface area contributed by atoms with Crippen LogP contribution in [0, 0.1) is 39.9 Å². The predicted octanol–water partition coefficient (Wildman–Crippen LogP) is 4.71. The summed E-state index contributed by atoms with van der Waals surface area (Å²) in [7, 11) is 0. The molecule has 0 aliphatic heterocycles. The highest BCUT2D eigenvalue weighted by atomic mass is 32.2. The third-order valence-electron chi connectivity index (χ3n) is 3.09. The van der Waals surface area contributed by atoms with Crippen molar-refractivity contribution in [2.45, 2.75) is 38.5 Å². The van der Waals surface area contributed by atoms with Crippen molar-refractivity contribution in [3.8, 4) is 18.2 Å². The monoisotopic (exact) mass is 355 g/mol. The molecule has 22 heavy (non-hydrogen) atoms. The average molecular weight is 356 g/mol. The second kappa shape index (κ2) is 18.6. The highest BCUT2D eigenvalue weighted by Gasteiger charge is 2.09. The molecule has 0 amide bonds. The maximum atomic E-state index is 8.53. The number of hydrogen-bond donors (Lipinski definition) is 0. The third-order valence-corrected chi connectivity index (χ3v) is 6.14. The molecule has 0 aromatic heterocycles. The minimum atomic E-state index is 0.642. The first-order valence-electron chi connectivity index (χ1n) is 7.69. The Balaban J connectivity index is 3.80. The van der Waals surface area contributed by atoms with Gasteiger partial charge in [-0.25, -0.2) is 0 Å². The van der Waals surface area contributed by atoms with Crippen LogP contribution in [0.1, 0.15) is 38.5 Å². The molecule has 0 bridgehead atoms.